The van der Waals surface area contributed by atoms with Crippen molar-refractivity contribution in [3.63, 3.8) is 0 Å². The van der Waals surface area contributed by atoms with E-state index < -0.39 is 0 Å². The zero-order chi connectivity index (χ0) is 34.9. The normalized spacial score (nSPS) is 11.8. The molecule has 0 radical (unpaired) electrons. The molecule has 1 heteroatoms. The Kier molecular flexibility index (Phi) is 6.62. The summed E-state index contributed by atoms with van der Waals surface area (Å²) in [4.78, 5) is 0. The summed E-state index contributed by atoms with van der Waals surface area (Å²) in [6.45, 7) is 0. The van der Waals surface area contributed by atoms with E-state index in [9.17, 15) is 0 Å². The van der Waals surface area contributed by atoms with Crippen LogP contribution in [0.25, 0.3) is 110 Å². The summed E-state index contributed by atoms with van der Waals surface area (Å²) < 4.78 is 6.47. The third-order valence-corrected chi connectivity index (χ3v) is 11.0. The fourth-order valence-corrected chi connectivity index (χ4v) is 8.43. The quantitative estimate of drug-likeness (QED) is 0.170. The molecule has 246 valence electrons. The van der Waals surface area contributed by atoms with Crippen molar-refractivity contribution in [2.24, 2.45) is 0 Å². The molecular formula is C52H32O. The van der Waals surface area contributed by atoms with Gasteiger partial charge in [-0.25, -0.2) is 0 Å². The van der Waals surface area contributed by atoms with E-state index in [1.54, 1.807) is 0 Å². The number of rotatable bonds is 4. The van der Waals surface area contributed by atoms with E-state index in [2.05, 4.69) is 188 Å². The Hall–Kier alpha value is -6.96. The van der Waals surface area contributed by atoms with Gasteiger partial charge in [0.25, 0.3) is 0 Å². The van der Waals surface area contributed by atoms with Gasteiger partial charge >= 0.3 is 0 Å². The van der Waals surface area contributed by atoms with E-state index in [0.29, 0.717) is 0 Å². The Morgan fingerprint density at radius 1 is 0.226 bits per heavy atom. The molecule has 0 amide bonds. The average molecular weight is 673 g/mol. The van der Waals surface area contributed by atoms with E-state index in [1.807, 2.05) is 6.07 Å². The lowest BCUT2D eigenvalue weighted by atomic mass is 9.88. The van der Waals surface area contributed by atoms with Gasteiger partial charge in [0.1, 0.15) is 11.2 Å². The van der Waals surface area contributed by atoms with Crippen LogP contribution in [0.15, 0.2) is 199 Å². The van der Waals surface area contributed by atoms with Gasteiger partial charge in [0, 0.05) is 10.8 Å². The van der Waals surface area contributed by atoms with Gasteiger partial charge in [-0.05, 0) is 130 Å². The molecule has 0 aliphatic rings. The molecular weight excluding hydrogens is 641 g/mol. The van der Waals surface area contributed by atoms with E-state index >= 15 is 0 Å². The van der Waals surface area contributed by atoms with Crippen molar-refractivity contribution in [2.45, 2.75) is 0 Å². The Bertz CT molecular complexity index is 3220. The van der Waals surface area contributed by atoms with Crippen molar-refractivity contribution < 1.29 is 4.42 Å². The highest BCUT2D eigenvalue weighted by Crippen LogP contribution is 2.41. The van der Waals surface area contributed by atoms with Crippen LogP contribution in [0.3, 0.4) is 0 Å². The van der Waals surface area contributed by atoms with Crippen LogP contribution in [-0.4, -0.2) is 0 Å². The van der Waals surface area contributed by atoms with Crippen molar-refractivity contribution >= 4 is 65.0 Å². The molecule has 0 fully saturated rings. The molecule has 0 aliphatic carbocycles. The highest BCUT2D eigenvalue weighted by atomic mass is 16.3. The molecule has 10 aromatic carbocycles. The lowest BCUT2D eigenvalue weighted by Crippen LogP contribution is -1.88. The number of benzene rings is 10. The summed E-state index contributed by atoms with van der Waals surface area (Å²) in [5, 5.41) is 12.3. The molecule has 11 rings (SSSR count). The standard InChI is InChI=1S/C52H32O/c1-2-10-33(11-3-1)36-24-26-48-49-27-25-37(32-52(49)53-51(48)31-36)35-22-20-34-21-23-39(29-40(34)28-35)42-16-8-18-45-44(42)17-9-19-47(45)50-30-38-12-4-5-13-41(38)43-14-6-7-15-46(43)50/h1-32H. The minimum atomic E-state index is 0.905. The van der Waals surface area contributed by atoms with E-state index in [-0.39, 0.29) is 0 Å². The van der Waals surface area contributed by atoms with Gasteiger partial charge in [-0.2, -0.15) is 0 Å². The third kappa shape index (κ3) is 4.86. The van der Waals surface area contributed by atoms with Gasteiger partial charge in [0.05, 0.1) is 0 Å². The van der Waals surface area contributed by atoms with Crippen LogP contribution >= 0.6 is 0 Å². The zero-order valence-corrected chi connectivity index (χ0v) is 28.9. The summed E-state index contributed by atoms with van der Waals surface area (Å²) >= 11 is 0. The van der Waals surface area contributed by atoms with Crippen LogP contribution < -0.4 is 0 Å². The predicted octanol–water partition coefficient (Wildman–Crippen LogP) is 14.9. The highest BCUT2D eigenvalue weighted by molar-refractivity contribution is 6.17. The first kappa shape index (κ1) is 29.7. The first-order chi connectivity index (χ1) is 26.2. The van der Waals surface area contributed by atoms with E-state index in [1.165, 1.54) is 76.5 Å². The number of fused-ring (bicyclic) bond motifs is 8. The first-order valence-electron chi connectivity index (χ1n) is 18.2. The van der Waals surface area contributed by atoms with Crippen molar-refractivity contribution in [3.05, 3.63) is 194 Å². The Morgan fingerprint density at radius 2 is 0.755 bits per heavy atom. The minimum absolute atomic E-state index is 0.905. The highest BCUT2D eigenvalue weighted by Gasteiger charge is 2.14. The second-order valence-electron chi connectivity index (χ2n) is 14.1. The summed E-state index contributed by atoms with van der Waals surface area (Å²) in [5.74, 6) is 0. The predicted molar refractivity (Wildman–Crippen MR) is 225 cm³/mol. The summed E-state index contributed by atoms with van der Waals surface area (Å²) in [6.07, 6.45) is 0. The molecule has 0 unspecified atom stereocenters. The first-order valence-corrected chi connectivity index (χ1v) is 18.2. The Balaban J connectivity index is 1.00. The largest absolute Gasteiger partial charge is 0.456 e. The molecule has 0 bridgehead atoms. The van der Waals surface area contributed by atoms with Crippen LogP contribution in [0.5, 0.6) is 0 Å². The maximum absolute atomic E-state index is 6.47. The van der Waals surface area contributed by atoms with Crippen LogP contribution in [0.1, 0.15) is 0 Å². The molecule has 53 heavy (non-hydrogen) atoms. The van der Waals surface area contributed by atoms with Crippen LogP contribution in [-0.2, 0) is 0 Å². The van der Waals surface area contributed by atoms with Crippen LogP contribution in [0.4, 0.5) is 0 Å². The van der Waals surface area contributed by atoms with Crippen LogP contribution in [0.2, 0.25) is 0 Å². The van der Waals surface area contributed by atoms with Gasteiger partial charge in [0.2, 0.25) is 0 Å². The SMILES string of the molecule is c1ccc(-c2ccc3c(c2)oc2cc(-c4ccc5ccc(-c6cccc7c(-c8cc9ccccc9c9ccccc89)cccc67)cc5c4)ccc23)cc1. The second kappa shape index (κ2) is 11.8. The van der Waals surface area contributed by atoms with Gasteiger partial charge in [-0.3, -0.25) is 0 Å². The molecule has 0 atom stereocenters. The molecule has 0 spiro atoms. The molecule has 0 saturated carbocycles. The minimum Gasteiger partial charge on any atom is -0.456 e. The summed E-state index contributed by atoms with van der Waals surface area (Å²) in [7, 11) is 0. The molecule has 1 heterocycles. The number of hydrogen-bond acceptors (Lipinski definition) is 1. The third-order valence-electron chi connectivity index (χ3n) is 11.0. The lowest BCUT2D eigenvalue weighted by molar-refractivity contribution is 0.669. The maximum Gasteiger partial charge on any atom is 0.136 e. The van der Waals surface area contributed by atoms with E-state index in [4.69, 9.17) is 4.42 Å². The molecule has 0 saturated heterocycles. The fourth-order valence-electron chi connectivity index (χ4n) is 8.43. The van der Waals surface area contributed by atoms with Crippen LogP contribution in [0, 0.1) is 0 Å². The van der Waals surface area contributed by atoms with Gasteiger partial charge in [0.15, 0.2) is 0 Å². The number of hydrogen-bond donors (Lipinski definition) is 0. The monoisotopic (exact) mass is 672 g/mol. The Labute approximate surface area is 307 Å². The Morgan fingerprint density at radius 3 is 1.53 bits per heavy atom. The number of furan rings is 1. The molecule has 1 aromatic heterocycles. The maximum atomic E-state index is 6.47. The molecule has 11 aromatic rings. The van der Waals surface area contributed by atoms with Gasteiger partial charge in [-0.15, -0.1) is 0 Å². The van der Waals surface area contributed by atoms with Crippen molar-refractivity contribution in [3.8, 4) is 44.5 Å². The molecule has 0 N–H and O–H groups in total. The summed E-state index contributed by atoms with van der Waals surface area (Å²) in [6, 6.07) is 70.6. The fraction of sp³-hybridized carbons (Fsp3) is 0. The molecule has 1 nitrogen and oxygen atoms in total. The lowest BCUT2D eigenvalue weighted by Gasteiger charge is -2.15. The van der Waals surface area contributed by atoms with Crippen molar-refractivity contribution in [1.82, 2.24) is 0 Å². The molecule has 0 aliphatic heterocycles. The van der Waals surface area contributed by atoms with E-state index in [0.717, 1.165) is 33.1 Å². The topological polar surface area (TPSA) is 13.1 Å². The summed E-state index contributed by atoms with van der Waals surface area (Å²) in [5.41, 5.74) is 11.4. The van der Waals surface area contributed by atoms with Crippen molar-refractivity contribution in [2.75, 3.05) is 0 Å². The average Bonchev–Trinajstić information content (AvgIpc) is 3.60. The zero-order valence-electron chi connectivity index (χ0n) is 28.9. The smallest absolute Gasteiger partial charge is 0.136 e. The second-order valence-corrected chi connectivity index (χ2v) is 14.1. The van der Waals surface area contributed by atoms with Crippen molar-refractivity contribution in [1.29, 1.82) is 0 Å². The van der Waals surface area contributed by atoms with Gasteiger partial charge in [-0.1, -0.05) is 152 Å². The van der Waals surface area contributed by atoms with Gasteiger partial charge < -0.3 is 4.42 Å².